The van der Waals surface area contributed by atoms with E-state index in [1.165, 1.54) is 0 Å². The highest BCUT2D eigenvalue weighted by atomic mass is 31.2. The third kappa shape index (κ3) is 4.73. The number of carbonyl (C=O) groups excluding carboxylic acids is 2. The Bertz CT molecular complexity index is 909. The zero-order valence-electron chi connectivity index (χ0n) is 17.7. The van der Waals surface area contributed by atoms with E-state index in [2.05, 4.69) is 5.32 Å². The molecule has 2 aromatic carbocycles. The maximum atomic E-state index is 13.6. The molecule has 1 atom stereocenters. The van der Waals surface area contributed by atoms with Gasteiger partial charge in [0.25, 0.3) is 5.91 Å². The van der Waals surface area contributed by atoms with Crippen molar-refractivity contribution in [3.63, 3.8) is 0 Å². The first-order valence-corrected chi connectivity index (χ1v) is 10.7. The number of anilines is 1. The van der Waals surface area contributed by atoms with Crippen LogP contribution in [0.2, 0.25) is 0 Å². The van der Waals surface area contributed by atoms with Crippen molar-refractivity contribution in [2.45, 2.75) is 11.7 Å². The molecule has 0 aliphatic carbocycles. The van der Waals surface area contributed by atoms with Crippen LogP contribution in [0.4, 0.5) is 5.69 Å². The van der Waals surface area contributed by atoms with Crippen LogP contribution in [-0.2, 0) is 29.6 Å². The average Bonchev–Trinajstić information content (AvgIpc) is 2.78. The molecule has 1 N–H and O–H groups in total. The summed E-state index contributed by atoms with van der Waals surface area (Å²) < 4.78 is 28.8. The molecule has 2 rings (SSSR count). The van der Waals surface area contributed by atoms with Crippen LogP contribution in [0.15, 0.2) is 54.6 Å². The summed E-state index contributed by atoms with van der Waals surface area (Å²) in [5.41, 5.74) is 1.86. The fraction of sp³-hybridized carbons (Fsp3) is 0.333. The van der Waals surface area contributed by atoms with Gasteiger partial charge in [-0.15, -0.1) is 0 Å². The number of rotatable bonds is 9. The molecule has 30 heavy (non-hydrogen) atoms. The SMILES string of the molecule is COC(=O)[C@@](Cc1ccc(N(C)C)cc1)(NC(=O)c1ccccc1)P(=O)(OC)OC. The summed E-state index contributed by atoms with van der Waals surface area (Å²) in [4.78, 5) is 27.8. The molecular formula is C21H27N2O6P. The monoisotopic (exact) mass is 434 g/mol. The molecule has 0 bridgehead atoms. The second kappa shape index (κ2) is 9.89. The van der Waals surface area contributed by atoms with Crippen molar-refractivity contribution in [1.29, 1.82) is 0 Å². The lowest BCUT2D eigenvalue weighted by Crippen LogP contribution is -2.56. The minimum Gasteiger partial charge on any atom is -0.467 e. The van der Waals surface area contributed by atoms with Gasteiger partial charge in [0.2, 0.25) is 5.28 Å². The van der Waals surface area contributed by atoms with E-state index in [1.807, 2.05) is 31.1 Å². The molecule has 2 aromatic rings. The summed E-state index contributed by atoms with van der Waals surface area (Å²) in [5.74, 6) is -1.55. The molecule has 0 aliphatic heterocycles. The van der Waals surface area contributed by atoms with Crippen molar-refractivity contribution >= 4 is 25.2 Å². The van der Waals surface area contributed by atoms with Crippen LogP contribution >= 0.6 is 7.60 Å². The topological polar surface area (TPSA) is 94.2 Å². The van der Waals surface area contributed by atoms with Crippen LogP contribution in [0, 0.1) is 0 Å². The van der Waals surface area contributed by atoms with E-state index in [-0.39, 0.29) is 12.0 Å². The van der Waals surface area contributed by atoms with Gasteiger partial charge in [0.15, 0.2) is 0 Å². The van der Waals surface area contributed by atoms with E-state index >= 15 is 0 Å². The lowest BCUT2D eigenvalue weighted by Gasteiger charge is -2.36. The first-order valence-electron chi connectivity index (χ1n) is 9.17. The summed E-state index contributed by atoms with van der Waals surface area (Å²) in [6.45, 7) is 0. The minimum atomic E-state index is -4.18. The third-order valence-electron chi connectivity index (χ3n) is 4.74. The normalized spacial score (nSPS) is 13.2. The number of esters is 1. The Kier molecular flexibility index (Phi) is 7.78. The standard InChI is InChI=1S/C21H27N2O6P/c1-23(2)18-13-11-16(12-14-18)15-21(20(25)27-3,30(26,28-4)29-5)22-19(24)17-9-7-6-8-10-17/h6-14H,15H2,1-5H3,(H,22,24)/t21-/m0/s1. The maximum absolute atomic E-state index is 13.6. The number of hydrogen-bond acceptors (Lipinski definition) is 7. The predicted molar refractivity (Wildman–Crippen MR) is 115 cm³/mol. The number of methoxy groups -OCH3 is 1. The van der Waals surface area contributed by atoms with Crippen LogP contribution < -0.4 is 10.2 Å². The summed E-state index contributed by atoms with van der Waals surface area (Å²) in [6, 6.07) is 15.5. The lowest BCUT2D eigenvalue weighted by molar-refractivity contribution is -0.145. The predicted octanol–water partition coefficient (Wildman–Crippen LogP) is 3.08. The van der Waals surface area contributed by atoms with Gasteiger partial charge in [0, 0.05) is 46.0 Å². The Hall–Kier alpha value is -2.67. The van der Waals surface area contributed by atoms with Crippen LogP contribution in [0.1, 0.15) is 15.9 Å². The largest absolute Gasteiger partial charge is 0.467 e. The number of hydrogen-bond donors (Lipinski definition) is 1. The number of nitrogens with zero attached hydrogens (tertiary/aromatic N) is 1. The zero-order chi connectivity index (χ0) is 22.4. The molecule has 0 aliphatic rings. The van der Waals surface area contributed by atoms with Crippen molar-refractivity contribution in [1.82, 2.24) is 5.32 Å². The van der Waals surface area contributed by atoms with Gasteiger partial charge in [-0.2, -0.15) is 0 Å². The Balaban J connectivity index is 2.57. The Morgan fingerprint density at radius 1 is 0.967 bits per heavy atom. The van der Waals surface area contributed by atoms with Gasteiger partial charge in [-0.1, -0.05) is 30.3 Å². The second-order valence-corrected chi connectivity index (χ2v) is 9.26. The minimum absolute atomic E-state index is 0.162. The molecular weight excluding hydrogens is 407 g/mol. The van der Waals surface area contributed by atoms with Gasteiger partial charge in [-0.05, 0) is 29.8 Å². The molecule has 0 heterocycles. The number of carbonyl (C=O) groups is 2. The Morgan fingerprint density at radius 2 is 1.53 bits per heavy atom. The number of benzene rings is 2. The van der Waals surface area contributed by atoms with Gasteiger partial charge in [-0.25, -0.2) is 4.79 Å². The van der Waals surface area contributed by atoms with Crippen molar-refractivity contribution < 1.29 is 27.9 Å². The van der Waals surface area contributed by atoms with E-state index in [0.29, 0.717) is 5.56 Å². The van der Waals surface area contributed by atoms with Crippen molar-refractivity contribution in [2.24, 2.45) is 0 Å². The zero-order valence-corrected chi connectivity index (χ0v) is 18.6. The first kappa shape index (κ1) is 23.6. The third-order valence-corrected chi connectivity index (χ3v) is 7.09. The van der Waals surface area contributed by atoms with Crippen molar-refractivity contribution in [2.75, 3.05) is 40.3 Å². The van der Waals surface area contributed by atoms with E-state index < -0.39 is 24.8 Å². The summed E-state index contributed by atoms with van der Waals surface area (Å²) in [5, 5.41) is 0.503. The molecule has 1 amide bonds. The van der Waals surface area contributed by atoms with E-state index in [9.17, 15) is 14.2 Å². The van der Waals surface area contributed by atoms with Gasteiger partial charge in [0.05, 0.1) is 7.11 Å². The Morgan fingerprint density at radius 3 is 2.00 bits per heavy atom. The molecule has 0 saturated carbocycles. The lowest BCUT2D eigenvalue weighted by atomic mass is 10.0. The average molecular weight is 434 g/mol. The van der Waals surface area contributed by atoms with E-state index in [4.69, 9.17) is 13.8 Å². The van der Waals surface area contributed by atoms with Gasteiger partial charge in [-0.3, -0.25) is 9.36 Å². The highest BCUT2D eigenvalue weighted by molar-refractivity contribution is 7.56. The molecule has 8 nitrogen and oxygen atoms in total. The quantitative estimate of drug-likeness (QED) is 0.479. The molecule has 0 saturated heterocycles. The van der Waals surface area contributed by atoms with Gasteiger partial charge >= 0.3 is 13.6 Å². The smallest absolute Gasteiger partial charge is 0.367 e. The van der Waals surface area contributed by atoms with Crippen molar-refractivity contribution in [3.05, 3.63) is 65.7 Å². The van der Waals surface area contributed by atoms with Crippen molar-refractivity contribution in [3.8, 4) is 0 Å². The second-order valence-electron chi connectivity index (χ2n) is 6.77. The molecule has 0 aromatic heterocycles. The number of ether oxygens (including phenoxy) is 1. The molecule has 9 heteroatoms. The van der Waals surface area contributed by atoms with E-state index in [0.717, 1.165) is 27.0 Å². The number of nitrogens with one attached hydrogen (secondary N) is 1. The fourth-order valence-corrected chi connectivity index (χ4v) is 4.76. The molecule has 0 unspecified atom stereocenters. The molecule has 162 valence electrons. The molecule has 0 fully saturated rings. The first-order chi connectivity index (χ1) is 14.2. The van der Waals surface area contributed by atoms with Crippen LogP contribution in [0.5, 0.6) is 0 Å². The number of amides is 1. The molecule has 0 radical (unpaired) electrons. The summed E-state index contributed by atoms with van der Waals surface area (Å²) in [6.07, 6.45) is -0.162. The highest BCUT2D eigenvalue weighted by Gasteiger charge is 2.58. The Labute approximate surface area is 176 Å². The van der Waals surface area contributed by atoms with Crippen LogP contribution in [0.25, 0.3) is 0 Å². The van der Waals surface area contributed by atoms with Crippen LogP contribution in [-0.4, -0.2) is 52.6 Å². The fourth-order valence-electron chi connectivity index (χ4n) is 3.06. The van der Waals surface area contributed by atoms with Gasteiger partial charge in [0.1, 0.15) is 0 Å². The van der Waals surface area contributed by atoms with Crippen LogP contribution in [0.3, 0.4) is 0 Å². The summed E-state index contributed by atoms with van der Waals surface area (Å²) >= 11 is 0. The van der Waals surface area contributed by atoms with E-state index in [1.54, 1.807) is 42.5 Å². The van der Waals surface area contributed by atoms with Gasteiger partial charge < -0.3 is 24.0 Å². The highest BCUT2D eigenvalue weighted by Crippen LogP contribution is 2.59. The summed E-state index contributed by atoms with van der Waals surface area (Å²) in [7, 11) is 3.09. The maximum Gasteiger partial charge on any atom is 0.367 e. The molecule has 0 spiro atoms.